The molecule has 0 amide bonds. The van der Waals surface area contributed by atoms with E-state index in [2.05, 4.69) is 5.16 Å². The van der Waals surface area contributed by atoms with Crippen LogP contribution in [0.25, 0.3) is 11.5 Å². The van der Waals surface area contributed by atoms with Gasteiger partial charge < -0.3 is 23.2 Å². The van der Waals surface area contributed by atoms with E-state index in [0.717, 1.165) is 0 Å². The van der Waals surface area contributed by atoms with Gasteiger partial charge in [-0.3, -0.25) is 4.31 Å². The molecule has 33 heavy (non-hydrogen) atoms. The molecule has 0 saturated heterocycles. The van der Waals surface area contributed by atoms with Gasteiger partial charge in [-0.25, -0.2) is 8.42 Å². The zero-order valence-corrected chi connectivity index (χ0v) is 18.4. The molecule has 1 aliphatic rings. The Balaban J connectivity index is 1.53. The summed E-state index contributed by atoms with van der Waals surface area (Å²) in [6, 6.07) is 16.4. The number of methoxy groups -OCH3 is 1. The number of aromatic nitrogens is 1. The van der Waals surface area contributed by atoms with Crippen molar-refractivity contribution < 1.29 is 31.6 Å². The number of hydrogen-bond donors (Lipinski definition) is 0. The lowest BCUT2D eigenvalue weighted by Gasteiger charge is -2.25. The average molecular weight is 468 g/mol. The van der Waals surface area contributed by atoms with E-state index in [9.17, 15) is 8.42 Å². The third-order valence-corrected chi connectivity index (χ3v) is 6.86. The fourth-order valence-corrected chi connectivity index (χ4v) is 4.90. The van der Waals surface area contributed by atoms with Gasteiger partial charge in [-0.15, -0.1) is 0 Å². The maximum atomic E-state index is 13.7. The number of benzene rings is 2. The molecule has 0 unspecified atom stereocenters. The summed E-state index contributed by atoms with van der Waals surface area (Å²) in [5.74, 6) is 2.41. The largest absolute Gasteiger partial charge is 0.497 e. The number of anilines is 1. The van der Waals surface area contributed by atoms with E-state index in [1.165, 1.54) is 22.7 Å². The minimum absolute atomic E-state index is 0.0622. The third kappa shape index (κ3) is 4.12. The molecule has 0 aliphatic carbocycles. The SMILES string of the molecule is COc1ccc(N(Cc2cc(-c3ccco3)on2)S(=O)(=O)c2ccc3c(c2)OCCO3)cc1. The highest BCUT2D eigenvalue weighted by molar-refractivity contribution is 7.92. The Morgan fingerprint density at radius 3 is 2.48 bits per heavy atom. The van der Waals surface area contributed by atoms with Gasteiger partial charge in [0.1, 0.15) is 24.7 Å². The van der Waals surface area contributed by atoms with E-state index in [0.29, 0.717) is 53.4 Å². The molecule has 2 aromatic carbocycles. The molecule has 3 heterocycles. The van der Waals surface area contributed by atoms with Crippen molar-refractivity contribution >= 4 is 15.7 Å². The van der Waals surface area contributed by atoms with Gasteiger partial charge in [0.05, 0.1) is 30.5 Å². The summed E-state index contributed by atoms with van der Waals surface area (Å²) >= 11 is 0. The van der Waals surface area contributed by atoms with Crippen LogP contribution in [0.4, 0.5) is 5.69 Å². The second-order valence-corrected chi connectivity index (χ2v) is 9.04. The minimum Gasteiger partial charge on any atom is -0.497 e. The molecule has 1 aliphatic heterocycles. The summed E-state index contributed by atoms with van der Waals surface area (Å²) in [6.45, 7) is 0.710. The van der Waals surface area contributed by atoms with Crippen molar-refractivity contribution in [1.29, 1.82) is 0 Å². The van der Waals surface area contributed by atoms with Crippen molar-refractivity contribution in [3.63, 3.8) is 0 Å². The van der Waals surface area contributed by atoms with Crippen LogP contribution in [0, 0.1) is 0 Å². The summed E-state index contributed by atoms with van der Waals surface area (Å²) in [5.41, 5.74) is 0.853. The van der Waals surface area contributed by atoms with E-state index in [1.54, 1.807) is 55.6 Å². The van der Waals surface area contributed by atoms with Crippen molar-refractivity contribution in [1.82, 2.24) is 5.16 Å². The van der Waals surface area contributed by atoms with Gasteiger partial charge >= 0.3 is 0 Å². The first-order valence-corrected chi connectivity index (χ1v) is 11.5. The first-order valence-electron chi connectivity index (χ1n) is 10.1. The second kappa shape index (κ2) is 8.55. The Kier molecular flexibility index (Phi) is 5.43. The van der Waals surface area contributed by atoms with Gasteiger partial charge in [-0.2, -0.15) is 0 Å². The molecular formula is C23H20N2O7S. The predicted octanol–water partition coefficient (Wildman–Crippen LogP) is 4.11. The van der Waals surface area contributed by atoms with Crippen LogP contribution < -0.4 is 18.5 Å². The topological polar surface area (TPSA) is 104 Å². The molecule has 2 aromatic heterocycles. The maximum absolute atomic E-state index is 13.7. The number of nitrogens with zero attached hydrogens (tertiary/aromatic N) is 2. The number of fused-ring (bicyclic) bond motifs is 1. The molecule has 0 N–H and O–H groups in total. The monoisotopic (exact) mass is 468 g/mol. The Bertz CT molecular complexity index is 1350. The lowest BCUT2D eigenvalue weighted by atomic mass is 10.3. The normalized spacial score (nSPS) is 13.0. The minimum atomic E-state index is -4.00. The van der Waals surface area contributed by atoms with E-state index in [4.69, 9.17) is 23.2 Å². The average Bonchev–Trinajstić information content (AvgIpc) is 3.54. The molecule has 10 heteroatoms. The van der Waals surface area contributed by atoms with Crippen molar-refractivity contribution in [2.24, 2.45) is 0 Å². The maximum Gasteiger partial charge on any atom is 0.264 e. The van der Waals surface area contributed by atoms with Crippen molar-refractivity contribution in [2.75, 3.05) is 24.6 Å². The van der Waals surface area contributed by atoms with E-state index in [-0.39, 0.29) is 11.4 Å². The Morgan fingerprint density at radius 1 is 0.970 bits per heavy atom. The van der Waals surface area contributed by atoms with E-state index in [1.807, 2.05) is 0 Å². The first-order chi connectivity index (χ1) is 16.0. The highest BCUT2D eigenvalue weighted by atomic mass is 32.2. The third-order valence-electron chi connectivity index (χ3n) is 5.09. The summed E-state index contributed by atoms with van der Waals surface area (Å²) in [7, 11) is -2.45. The fraction of sp³-hybridized carbons (Fsp3) is 0.174. The molecule has 0 atom stereocenters. The quantitative estimate of drug-likeness (QED) is 0.399. The van der Waals surface area contributed by atoms with Gasteiger partial charge in [0.25, 0.3) is 10.0 Å². The van der Waals surface area contributed by atoms with Gasteiger partial charge in [0, 0.05) is 12.1 Å². The Labute approximate surface area is 190 Å². The zero-order chi connectivity index (χ0) is 22.8. The molecule has 9 nitrogen and oxygen atoms in total. The van der Waals surface area contributed by atoms with Gasteiger partial charge in [0.2, 0.25) is 5.76 Å². The molecule has 0 saturated carbocycles. The molecule has 4 aromatic rings. The van der Waals surface area contributed by atoms with Crippen LogP contribution in [-0.4, -0.2) is 33.9 Å². The van der Waals surface area contributed by atoms with Crippen LogP contribution in [0.15, 0.2) is 80.8 Å². The van der Waals surface area contributed by atoms with Crippen molar-refractivity contribution in [3.05, 3.63) is 72.6 Å². The molecule has 0 bridgehead atoms. The summed E-state index contributed by atoms with van der Waals surface area (Å²) in [5, 5.41) is 4.04. The van der Waals surface area contributed by atoms with Gasteiger partial charge in [-0.1, -0.05) is 5.16 Å². The number of hydrogen-bond acceptors (Lipinski definition) is 8. The number of rotatable bonds is 7. The summed E-state index contributed by atoms with van der Waals surface area (Å²) < 4.78 is 55.7. The molecule has 0 fully saturated rings. The van der Waals surface area contributed by atoms with Crippen molar-refractivity contribution in [2.45, 2.75) is 11.4 Å². The number of sulfonamides is 1. The van der Waals surface area contributed by atoms with E-state index >= 15 is 0 Å². The lowest BCUT2D eigenvalue weighted by molar-refractivity contribution is 0.171. The Hall–Kier alpha value is -3.92. The smallest absolute Gasteiger partial charge is 0.264 e. The van der Waals surface area contributed by atoms with Crippen molar-refractivity contribution in [3.8, 4) is 28.8 Å². The zero-order valence-electron chi connectivity index (χ0n) is 17.6. The summed E-state index contributed by atoms with van der Waals surface area (Å²) in [4.78, 5) is 0.0670. The standard InChI is InChI=1S/C23H20N2O7S/c1-28-18-6-4-17(5-7-18)25(15-16-13-23(32-24-16)20-3-2-10-29-20)33(26,27)19-8-9-21-22(14-19)31-12-11-30-21/h2-10,13-14H,11-12,15H2,1H3. The highest BCUT2D eigenvalue weighted by Crippen LogP contribution is 2.35. The fourth-order valence-electron chi connectivity index (χ4n) is 3.44. The van der Waals surface area contributed by atoms with Crippen LogP contribution in [0.3, 0.4) is 0 Å². The van der Waals surface area contributed by atoms with Crippen LogP contribution in [-0.2, 0) is 16.6 Å². The Morgan fingerprint density at radius 2 is 1.76 bits per heavy atom. The molecule has 0 radical (unpaired) electrons. The second-order valence-electron chi connectivity index (χ2n) is 7.17. The summed E-state index contributed by atoms with van der Waals surface area (Å²) in [6.07, 6.45) is 1.52. The highest BCUT2D eigenvalue weighted by Gasteiger charge is 2.28. The van der Waals surface area contributed by atoms with E-state index < -0.39 is 10.0 Å². The number of furan rings is 1. The molecule has 170 valence electrons. The molecule has 5 rings (SSSR count). The van der Waals surface area contributed by atoms with Crippen LogP contribution in [0.1, 0.15) is 5.69 Å². The lowest BCUT2D eigenvalue weighted by Crippen LogP contribution is -2.31. The first kappa shape index (κ1) is 21.0. The predicted molar refractivity (Wildman–Crippen MR) is 118 cm³/mol. The van der Waals surface area contributed by atoms with Gasteiger partial charge in [0.15, 0.2) is 17.3 Å². The molecular weight excluding hydrogens is 448 g/mol. The van der Waals surface area contributed by atoms with Crippen LogP contribution >= 0.6 is 0 Å². The van der Waals surface area contributed by atoms with Crippen LogP contribution in [0.5, 0.6) is 17.2 Å². The molecule has 0 spiro atoms. The van der Waals surface area contributed by atoms with Gasteiger partial charge in [-0.05, 0) is 48.5 Å². The number of ether oxygens (including phenoxy) is 3. The van der Waals surface area contributed by atoms with Crippen LogP contribution in [0.2, 0.25) is 0 Å².